The highest BCUT2D eigenvalue weighted by molar-refractivity contribution is 5.94. The number of hydrogen-bond acceptors (Lipinski definition) is 7. The van der Waals surface area contributed by atoms with Gasteiger partial charge in [-0.1, -0.05) is 0 Å². The number of piperazine rings is 1. The molecule has 2 aromatic rings. The van der Waals surface area contributed by atoms with E-state index in [-0.39, 0.29) is 5.91 Å². The zero-order chi connectivity index (χ0) is 18.4. The molecule has 0 saturated carbocycles. The van der Waals surface area contributed by atoms with Crippen molar-refractivity contribution in [1.29, 1.82) is 0 Å². The predicted molar refractivity (Wildman–Crippen MR) is 102 cm³/mol. The second-order valence-corrected chi connectivity index (χ2v) is 6.48. The Morgan fingerprint density at radius 3 is 2.46 bits per heavy atom. The van der Waals surface area contributed by atoms with Crippen LogP contribution in [0.2, 0.25) is 0 Å². The van der Waals surface area contributed by atoms with Crippen LogP contribution >= 0.6 is 0 Å². The standard InChI is InChI=1S/C18H25N7O/c1-23(2)9-8-20-17(26)15-4-7-19-16(14-15)24-10-12-25(13-11-24)18-21-5-3-6-22-18/h3-7,14H,8-13H2,1-2H3,(H,20,26). The molecule has 138 valence electrons. The molecule has 3 rings (SSSR count). The summed E-state index contributed by atoms with van der Waals surface area (Å²) in [6.45, 7) is 4.72. The lowest BCUT2D eigenvalue weighted by atomic mass is 10.2. The quantitative estimate of drug-likeness (QED) is 0.808. The van der Waals surface area contributed by atoms with E-state index in [2.05, 4.69) is 30.1 Å². The smallest absolute Gasteiger partial charge is 0.251 e. The molecule has 1 fully saturated rings. The van der Waals surface area contributed by atoms with Gasteiger partial charge in [-0.05, 0) is 32.3 Å². The molecule has 0 spiro atoms. The summed E-state index contributed by atoms with van der Waals surface area (Å²) in [6.07, 6.45) is 5.21. The maximum Gasteiger partial charge on any atom is 0.251 e. The van der Waals surface area contributed by atoms with Gasteiger partial charge in [0.05, 0.1) is 0 Å². The number of nitrogens with zero attached hydrogens (tertiary/aromatic N) is 6. The van der Waals surface area contributed by atoms with Crippen LogP contribution in [0.1, 0.15) is 10.4 Å². The highest BCUT2D eigenvalue weighted by Gasteiger charge is 2.20. The number of amides is 1. The Morgan fingerprint density at radius 1 is 1.08 bits per heavy atom. The summed E-state index contributed by atoms with van der Waals surface area (Å²) >= 11 is 0. The monoisotopic (exact) mass is 355 g/mol. The summed E-state index contributed by atoms with van der Waals surface area (Å²) in [4.78, 5) is 31.7. The van der Waals surface area contributed by atoms with Crippen molar-refractivity contribution in [3.05, 3.63) is 42.4 Å². The summed E-state index contributed by atoms with van der Waals surface area (Å²) in [5.41, 5.74) is 0.641. The molecule has 8 nitrogen and oxygen atoms in total. The normalized spacial score (nSPS) is 14.6. The zero-order valence-corrected chi connectivity index (χ0v) is 15.3. The molecule has 0 atom stereocenters. The van der Waals surface area contributed by atoms with E-state index in [9.17, 15) is 4.79 Å². The molecule has 8 heteroatoms. The zero-order valence-electron chi connectivity index (χ0n) is 15.3. The molecule has 1 N–H and O–H groups in total. The summed E-state index contributed by atoms with van der Waals surface area (Å²) in [5.74, 6) is 1.53. The van der Waals surface area contributed by atoms with Gasteiger partial charge in [0.25, 0.3) is 5.91 Å². The van der Waals surface area contributed by atoms with Gasteiger partial charge in [0.2, 0.25) is 5.95 Å². The van der Waals surface area contributed by atoms with E-state index in [0.717, 1.165) is 44.5 Å². The first-order chi connectivity index (χ1) is 12.6. The first kappa shape index (κ1) is 18.1. The summed E-state index contributed by atoms with van der Waals surface area (Å²) in [7, 11) is 3.97. The molecule has 0 bridgehead atoms. The van der Waals surface area contributed by atoms with Crippen LogP contribution in [0.4, 0.5) is 11.8 Å². The third kappa shape index (κ3) is 4.66. The second kappa shape index (κ2) is 8.57. The van der Waals surface area contributed by atoms with Gasteiger partial charge in [0.15, 0.2) is 0 Å². The van der Waals surface area contributed by atoms with Crippen LogP contribution in [0, 0.1) is 0 Å². The minimum absolute atomic E-state index is 0.0631. The molecule has 2 aromatic heterocycles. The fourth-order valence-corrected chi connectivity index (χ4v) is 2.82. The molecule has 3 heterocycles. The molecule has 26 heavy (non-hydrogen) atoms. The SMILES string of the molecule is CN(C)CCNC(=O)c1ccnc(N2CCN(c3ncccn3)CC2)c1. The topological polar surface area (TPSA) is 77.5 Å². The third-order valence-corrected chi connectivity index (χ3v) is 4.29. The number of pyridine rings is 1. The number of anilines is 2. The first-order valence-corrected chi connectivity index (χ1v) is 8.79. The lowest BCUT2D eigenvalue weighted by molar-refractivity contribution is 0.0951. The van der Waals surface area contributed by atoms with Gasteiger partial charge in [0, 0.05) is 63.4 Å². The van der Waals surface area contributed by atoms with Crippen LogP contribution in [0.25, 0.3) is 0 Å². The van der Waals surface area contributed by atoms with Crippen molar-refractivity contribution in [1.82, 2.24) is 25.2 Å². The van der Waals surface area contributed by atoms with Crippen molar-refractivity contribution >= 4 is 17.7 Å². The van der Waals surface area contributed by atoms with E-state index in [1.807, 2.05) is 31.1 Å². The van der Waals surface area contributed by atoms with Crippen LogP contribution in [0.3, 0.4) is 0 Å². The van der Waals surface area contributed by atoms with Gasteiger partial charge in [-0.15, -0.1) is 0 Å². The third-order valence-electron chi connectivity index (χ3n) is 4.29. The maximum absolute atomic E-state index is 12.3. The largest absolute Gasteiger partial charge is 0.353 e. The highest BCUT2D eigenvalue weighted by Crippen LogP contribution is 2.17. The summed E-state index contributed by atoms with van der Waals surface area (Å²) in [5, 5.41) is 2.94. The van der Waals surface area contributed by atoms with Crippen LogP contribution in [0.15, 0.2) is 36.8 Å². The van der Waals surface area contributed by atoms with Gasteiger partial charge in [0.1, 0.15) is 5.82 Å². The number of aromatic nitrogens is 3. The van der Waals surface area contributed by atoms with Crippen LogP contribution in [0.5, 0.6) is 0 Å². The van der Waals surface area contributed by atoms with E-state index in [0.29, 0.717) is 12.1 Å². The van der Waals surface area contributed by atoms with Crippen LogP contribution < -0.4 is 15.1 Å². The van der Waals surface area contributed by atoms with Gasteiger partial charge in [-0.2, -0.15) is 0 Å². The van der Waals surface area contributed by atoms with Gasteiger partial charge in [-0.25, -0.2) is 15.0 Å². The molecule has 1 amide bonds. The molecular formula is C18H25N7O. The number of hydrogen-bond donors (Lipinski definition) is 1. The second-order valence-electron chi connectivity index (χ2n) is 6.48. The van der Waals surface area contributed by atoms with E-state index < -0.39 is 0 Å². The van der Waals surface area contributed by atoms with E-state index in [1.165, 1.54) is 0 Å². The molecule has 0 unspecified atom stereocenters. The molecule has 0 aromatic carbocycles. The Bertz CT molecular complexity index is 714. The van der Waals surface area contributed by atoms with Gasteiger partial charge >= 0.3 is 0 Å². The number of carbonyl (C=O) groups excluding carboxylic acids is 1. The Kier molecular flexibility index (Phi) is 5.96. The number of rotatable bonds is 6. The van der Waals surface area contributed by atoms with Crippen molar-refractivity contribution < 1.29 is 4.79 Å². The predicted octanol–water partition coefficient (Wildman–Crippen LogP) is 0.490. The average molecular weight is 355 g/mol. The van der Waals surface area contributed by atoms with Gasteiger partial charge in [-0.3, -0.25) is 4.79 Å². The first-order valence-electron chi connectivity index (χ1n) is 8.79. The van der Waals surface area contributed by atoms with Crippen molar-refractivity contribution in [3.8, 4) is 0 Å². The Morgan fingerprint density at radius 2 is 1.77 bits per heavy atom. The molecule has 1 aliphatic heterocycles. The lowest BCUT2D eigenvalue weighted by Crippen LogP contribution is -2.47. The Hall–Kier alpha value is -2.74. The average Bonchev–Trinajstić information content (AvgIpc) is 2.68. The maximum atomic E-state index is 12.3. The number of nitrogens with one attached hydrogen (secondary N) is 1. The molecule has 1 aliphatic rings. The summed E-state index contributed by atoms with van der Waals surface area (Å²) in [6, 6.07) is 5.43. The van der Waals surface area contributed by atoms with Crippen molar-refractivity contribution in [2.24, 2.45) is 0 Å². The molecule has 1 saturated heterocycles. The van der Waals surface area contributed by atoms with E-state index in [4.69, 9.17) is 0 Å². The van der Waals surface area contributed by atoms with Crippen molar-refractivity contribution in [2.75, 3.05) is 63.2 Å². The minimum Gasteiger partial charge on any atom is -0.353 e. The molecule has 0 aliphatic carbocycles. The number of carbonyl (C=O) groups is 1. The van der Waals surface area contributed by atoms with Crippen molar-refractivity contribution in [2.45, 2.75) is 0 Å². The van der Waals surface area contributed by atoms with Crippen molar-refractivity contribution in [3.63, 3.8) is 0 Å². The Labute approximate surface area is 153 Å². The Balaban J connectivity index is 1.58. The fourth-order valence-electron chi connectivity index (χ4n) is 2.82. The minimum atomic E-state index is -0.0631. The van der Waals surface area contributed by atoms with Crippen LogP contribution in [-0.2, 0) is 0 Å². The fraction of sp³-hybridized carbons (Fsp3) is 0.444. The van der Waals surface area contributed by atoms with E-state index >= 15 is 0 Å². The number of likely N-dealkylation sites (N-methyl/N-ethyl adjacent to an activating group) is 1. The lowest BCUT2D eigenvalue weighted by Gasteiger charge is -2.35. The highest BCUT2D eigenvalue weighted by atomic mass is 16.1. The molecule has 0 radical (unpaired) electrons. The van der Waals surface area contributed by atoms with Gasteiger partial charge < -0.3 is 20.0 Å². The molecular weight excluding hydrogens is 330 g/mol. The summed E-state index contributed by atoms with van der Waals surface area (Å²) < 4.78 is 0. The van der Waals surface area contributed by atoms with Crippen LogP contribution in [-0.4, -0.2) is 79.1 Å². The van der Waals surface area contributed by atoms with E-state index in [1.54, 1.807) is 24.7 Å².